The van der Waals surface area contributed by atoms with E-state index in [0.717, 1.165) is 11.8 Å². The average Bonchev–Trinajstić information content (AvgIpc) is 2.45. The van der Waals surface area contributed by atoms with Gasteiger partial charge in [-0.25, -0.2) is 12.8 Å². The molecular formula is C15H16FNO3S. The Kier molecular flexibility index (Phi) is 4.59. The highest BCUT2D eigenvalue weighted by molar-refractivity contribution is 7.90. The van der Waals surface area contributed by atoms with E-state index in [0.29, 0.717) is 5.75 Å². The van der Waals surface area contributed by atoms with Crippen LogP contribution in [0.4, 0.5) is 4.39 Å². The van der Waals surface area contributed by atoms with Gasteiger partial charge in [-0.1, -0.05) is 18.2 Å². The summed E-state index contributed by atoms with van der Waals surface area (Å²) in [4.78, 5) is 0.176. The Morgan fingerprint density at radius 1 is 1.19 bits per heavy atom. The summed E-state index contributed by atoms with van der Waals surface area (Å²) in [5.41, 5.74) is 6.40. The van der Waals surface area contributed by atoms with Crippen LogP contribution in [-0.4, -0.2) is 21.2 Å². The molecule has 2 N–H and O–H groups in total. The molecule has 0 aliphatic rings. The lowest BCUT2D eigenvalue weighted by Gasteiger charge is -2.18. The lowest BCUT2D eigenvalue weighted by molar-refractivity contribution is 0.213. The van der Waals surface area contributed by atoms with Crippen molar-refractivity contribution in [2.75, 3.05) is 12.8 Å². The zero-order chi connectivity index (χ0) is 15.5. The third kappa shape index (κ3) is 4.03. The second-order valence-electron chi connectivity index (χ2n) is 4.64. The Balaban J connectivity index is 2.25. The van der Waals surface area contributed by atoms with Crippen LogP contribution < -0.4 is 10.5 Å². The molecule has 112 valence electrons. The molecule has 0 radical (unpaired) electrons. The Bertz CT molecular complexity index is 714. The van der Waals surface area contributed by atoms with Gasteiger partial charge in [-0.2, -0.15) is 0 Å². The molecule has 0 spiro atoms. The van der Waals surface area contributed by atoms with Crippen molar-refractivity contribution in [3.05, 3.63) is 59.9 Å². The number of hydrogen-bond acceptors (Lipinski definition) is 4. The van der Waals surface area contributed by atoms with Crippen LogP contribution in [0.2, 0.25) is 0 Å². The summed E-state index contributed by atoms with van der Waals surface area (Å²) in [6.07, 6.45) is 0.660. The van der Waals surface area contributed by atoms with E-state index in [4.69, 9.17) is 10.5 Å². The molecule has 0 saturated heterocycles. The van der Waals surface area contributed by atoms with Crippen molar-refractivity contribution in [1.29, 1.82) is 0 Å². The number of ether oxygens (including phenoxy) is 1. The highest BCUT2D eigenvalue weighted by Crippen LogP contribution is 2.24. The van der Waals surface area contributed by atoms with Crippen molar-refractivity contribution >= 4 is 9.84 Å². The number of hydrogen-bond donors (Lipinski definition) is 1. The van der Waals surface area contributed by atoms with E-state index in [9.17, 15) is 12.8 Å². The monoisotopic (exact) mass is 309 g/mol. The minimum atomic E-state index is -3.30. The van der Waals surface area contributed by atoms with Crippen LogP contribution >= 0.6 is 0 Å². The zero-order valence-corrected chi connectivity index (χ0v) is 12.3. The van der Waals surface area contributed by atoms with Crippen molar-refractivity contribution in [1.82, 2.24) is 0 Å². The molecule has 2 aromatic rings. The number of halogens is 1. The maximum Gasteiger partial charge on any atom is 0.175 e. The van der Waals surface area contributed by atoms with E-state index in [1.54, 1.807) is 24.3 Å². The largest absolute Gasteiger partial charge is 0.484 e. The van der Waals surface area contributed by atoms with Gasteiger partial charge in [0.15, 0.2) is 9.84 Å². The van der Waals surface area contributed by atoms with E-state index in [-0.39, 0.29) is 17.3 Å². The summed E-state index contributed by atoms with van der Waals surface area (Å²) < 4.78 is 41.7. The van der Waals surface area contributed by atoms with E-state index in [1.807, 2.05) is 0 Å². The number of sulfone groups is 1. The standard InChI is InChI=1S/C15H16FNO3S/c1-21(18,19)14-4-2-3-13(9-14)20-15(10-17)11-5-7-12(16)8-6-11/h2-9,15H,10,17H2,1H3. The third-order valence-corrected chi connectivity index (χ3v) is 4.08. The van der Waals surface area contributed by atoms with Crippen LogP contribution in [0.25, 0.3) is 0 Å². The van der Waals surface area contributed by atoms with E-state index in [1.165, 1.54) is 24.3 Å². The van der Waals surface area contributed by atoms with Gasteiger partial charge in [-0.05, 0) is 35.9 Å². The van der Waals surface area contributed by atoms with Crippen LogP contribution in [0.5, 0.6) is 5.75 Å². The molecule has 0 aliphatic heterocycles. The molecule has 0 saturated carbocycles. The first-order valence-electron chi connectivity index (χ1n) is 6.32. The molecule has 0 aromatic heterocycles. The summed E-state index contributed by atoms with van der Waals surface area (Å²) in [6.45, 7) is 0.189. The molecule has 21 heavy (non-hydrogen) atoms. The quantitative estimate of drug-likeness (QED) is 0.920. The smallest absolute Gasteiger partial charge is 0.175 e. The summed E-state index contributed by atoms with van der Waals surface area (Å²) in [6, 6.07) is 12.0. The van der Waals surface area contributed by atoms with Gasteiger partial charge < -0.3 is 10.5 Å². The van der Waals surface area contributed by atoms with Gasteiger partial charge >= 0.3 is 0 Å². The Hall–Kier alpha value is -1.92. The molecule has 2 aromatic carbocycles. The molecule has 4 nitrogen and oxygen atoms in total. The van der Waals surface area contributed by atoms with Crippen molar-refractivity contribution < 1.29 is 17.5 Å². The lowest BCUT2D eigenvalue weighted by Crippen LogP contribution is -2.18. The first kappa shape index (κ1) is 15.5. The van der Waals surface area contributed by atoms with Gasteiger partial charge in [0.05, 0.1) is 4.90 Å². The molecule has 0 heterocycles. The van der Waals surface area contributed by atoms with Gasteiger partial charge in [-0.15, -0.1) is 0 Å². The van der Waals surface area contributed by atoms with E-state index in [2.05, 4.69) is 0 Å². The predicted molar refractivity (Wildman–Crippen MR) is 78.4 cm³/mol. The predicted octanol–water partition coefficient (Wildman–Crippen LogP) is 2.31. The first-order valence-corrected chi connectivity index (χ1v) is 8.21. The zero-order valence-electron chi connectivity index (χ0n) is 11.5. The lowest BCUT2D eigenvalue weighted by atomic mass is 10.1. The van der Waals surface area contributed by atoms with E-state index >= 15 is 0 Å². The fourth-order valence-electron chi connectivity index (χ4n) is 1.87. The van der Waals surface area contributed by atoms with Crippen LogP contribution in [0.1, 0.15) is 11.7 Å². The minimum Gasteiger partial charge on any atom is -0.484 e. The number of nitrogens with two attached hydrogens (primary N) is 1. The van der Waals surface area contributed by atoms with Gasteiger partial charge in [-0.3, -0.25) is 0 Å². The summed E-state index contributed by atoms with van der Waals surface area (Å²) in [5.74, 6) is 0.0614. The highest BCUT2D eigenvalue weighted by Gasteiger charge is 2.13. The molecule has 0 bridgehead atoms. The average molecular weight is 309 g/mol. The maximum atomic E-state index is 12.9. The maximum absolute atomic E-state index is 12.9. The van der Waals surface area contributed by atoms with Gasteiger partial charge in [0.1, 0.15) is 17.7 Å². The summed E-state index contributed by atoms with van der Waals surface area (Å²) in [5, 5.41) is 0. The minimum absolute atomic E-state index is 0.176. The SMILES string of the molecule is CS(=O)(=O)c1cccc(OC(CN)c2ccc(F)cc2)c1. The highest BCUT2D eigenvalue weighted by atomic mass is 32.2. The van der Waals surface area contributed by atoms with Crippen LogP contribution in [0.15, 0.2) is 53.4 Å². The van der Waals surface area contributed by atoms with Gasteiger partial charge in [0.25, 0.3) is 0 Å². The fraction of sp³-hybridized carbons (Fsp3) is 0.200. The van der Waals surface area contributed by atoms with Gasteiger partial charge in [0, 0.05) is 12.8 Å². The number of benzene rings is 2. The van der Waals surface area contributed by atoms with Gasteiger partial charge in [0.2, 0.25) is 0 Å². The van der Waals surface area contributed by atoms with Crippen LogP contribution in [0, 0.1) is 5.82 Å². The van der Waals surface area contributed by atoms with Crippen LogP contribution in [0.3, 0.4) is 0 Å². The third-order valence-electron chi connectivity index (χ3n) is 2.97. The van der Waals surface area contributed by atoms with Crippen molar-refractivity contribution in [2.45, 2.75) is 11.0 Å². The molecule has 0 aliphatic carbocycles. The second kappa shape index (κ2) is 6.24. The second-order valence-corrected chi connectivity index (χ2v) is 6.66. The summed E-state index contributed by atoms with van der Waals surface area (Å²) in [7, 11) is -3.30. The molecule has 2 rings (SSSR count). The van der Waals surface area contributed by atoms with Crippen molar-refractivity contribution in [2.24, 2.45) is 5.73 Å². The Morgan fingerprint density at radius 2 is 1.86 bits per heavy atom. The van der Waals surface area contributed by atoms with E-state index < -0.39 is 15.9 Å². The molecule has 1 unspecified atom stereocenters. The van der Waals surface area contributed by atoms with Crippen molar-refractivity contribution in [3.63, 3.8) is 0 Å². The molecule has 1 atom stereocenters. The number of rotatable bonds is 5. The molecular weight excluding hydrogens is 293 g/mol. The Labute approximate surface area is 123 Å². The normalized spacial score (nSPS) is 12.9. The molecule has 0 amide bonds. The van der Waals surface area contributed by atoms with Crippen LogP contribution in [-0.2, 0) is 9.84 Å². The topological polar surface area (TPSA) is 69.4 Å². The molecule has 0 fully saturated rings. The Morgan fingerprint density at radius 3 is 2.43 bits per heavy atom. The first-order chi connectivity index (χ1) is 9.90. The van der Waals surface area contributed by atoms with Crippen molar-refractivity contribution in [3.8, 4) is 5.75 Å². The fourth-order valence-corrected chi connectivity index (χ4v) is 2.53. The molecule has 6 heteroatoms. The summed E-state index contributed by atoms with van der Waals surface area (Å²) >= 11 is 0.